The lowest BCUT2D eigenvalue weighted by Crippen LogP contribution is -1.92. The Morgan fingerprint density at radius 3 is 2.52 bits per heavy atom. The molecule has 0 saturated heterocycles. The summed E-state index contributed by atoms with van der Waals surface area (Å²) in [7, 11) is 0. The maximum atomic E-state index is 5.35. The second-order valence-corrected chi connectivity index (χ2v) is 4.86. The summed E-state index contributed by atoms with van der Waals surface area (Å²) in [5.41, 5.74) is 2.93. The van der Waals surface area contributed by atoms with Crippen molar-refractivity contribution in [3.8, 4) is 34.3 Å². The van der Waals surface area contributed by atoms with E-state index in [9.17, 15) is 0 Å². The van der Waals surface area contributed by atoms with E-state index in [1.807, 2.05) is 49.4 Å². The largest absolute Gasteiger partial charge is 0.454 e. The van der Waals surface area contributed by atoms with Gasteiger partial charge in [-0.3, -0.25) is 0 Å². The van der Waals surface area contributed by atoms with E-state index >= 15 is 0 Å². The molecule has 0 radical (unpaired) electrons. The molecular weight excluding hydrogens is 268 g/mol. The highest BCUT2D eigenvalue weighted by atomic mass is 16.7. The van der Waals surface area contributed by atoms with Crippen LogP contribution in [-0.2, 0) is 0 Å². The predicted octanol–water partition coefficient (Wildman–Crippen LogP) is 3.44. The second-order valence-electron chi connectivity index (χ2n) is 4.86. The molecule has 21 heavy (non-hydrogen) atoms. The molecule has 0 N–H and O–H groups in total. The maximum Gasteiger partial charge on any atom is 0.258 e. The van der Waals surface area contributed by atoms with Crippen LogP contribution < -0.4 is 9.47 Å². The number of hydrogen-bond donors (Lipinski definition) is 0. The Hall–Kier alpha value is -2.82. The van der Waals surface area contributed by atoms with Crippen molar-refractivity contribution in [1.29, 1.82) is 0 Å². The average Bonchev–Trinajstić information content (AvgIpc) is 3.16. The first-order valence-electron chi connectivity index (χ1n) is 6.60. The van der Waals surface area contributed by atoms with Crippen LogP contribution in [0.2, 0.25) is 0 Å². The molecule has 3 aromatic rings. The molecule has 1 aliphatic heterocycles. The Balaban J connectivity index is 1.69. The molecule has 0 saturated carbocycles. The molecular formula is C16H12N2O3. The van der Waals surface area contributed by atoms with E-state index in [0.717, 1.165) is 16.9 Å². The van der Waals surface area contributed by atoms with Crippen molar-refractivity contribution in [2.24, 2.45) is 0 Å². The van der Waals surface area contributed by atoms with E-state index in [1.165, 1.54) is 5.56 Å². The van der Waals surface area contributed by atoms with Crippen molar-refractivity contribution in [3.63, 3.8) is 0 Å². The van der Waals surface area contributed by atoms with Gasteiger partial charge in [-0.2, -0.15) is 4.98 Å². The van der Waals surface area contributed by atoms with E-state index in [1.54, 1.807) is 0 Å². The number of ether oxygens (including phenoxy) is 2. The summed E-state index contributed by atoms with van der Waals surface area (Å²) < 4.78 is 16.0. The summed E-state index contributed by atoms with van der Waals surface area (Å²) in [6.45, 7) is 2.29. The molecule has 1 aliphatic rings. The van der Waals surface area contributed by atoms with Crippen LogP contribution in [0.4, 0.5) is 0 Å². The van der Waals surface area contributed by atoms with E-state index < -0.39 is 0 Å². The number of benzene rings is 2. The Labute approximate surface area is 121 Å². The minimum atomic E-state index is 0.247. The summed E-state index contributed by atoms with van der Waals surface area (Å²) in [4.78, 5) is 4.43. The van der Waals surface area contributed by atoms with Crippen LogP contribution >= 0.6 is 0 Å². The Bertz CT molecular complexity index is 794. The number of aromatic nitrogens is 2. The standard InChI is InChI=1S/C16H12N2O3/c1-10-2-4-11(5-3-10)15-17-16(21-18-15)12-6-7-13-14(8-12)20-9-19-13/h2-8H,9H2,1H3. The topological polar surface area (TPSA) is 57.4 Å². The fraction of sp³-hybridized carbons (Fsp3) is 0.125. The first-order chi connectivity index (χ1) is 10.3. The minimum Gasteiger partial charge on any atom is -0.454 e. The smallest absolute Gasteiger partial charge is 0.258 e. The van der Waals surface area contributed by atoms with E-state index in [0.29, 0.717) is 17.5 Å². The third-order valence-electron chi connectivity index (χ3n) is 3.36. The Kier molecular flexibility index (Phi) is 2.64. The van der Waals surface area contributed by atoms with Crippen LogP contribution in [0.25, 0.3) is 22.8 Å². The van der Waals surface area contributed by atoms with E-state index in [2.05, 4.69) is 10.1 Å². The first-order valence-corrected chi connectivity index (χ1v) is 6.60. The van der Waals surface area contributed by atoms with Gasteiger partial charge in [-0.25, -0.2) is 0 Å². The third-order valence-corrected chi connectivity index (χ3v) is 3.36. The fourth-order valence-corrected chi connectivity index (χ4v) is 2.19. The molecule has 0 unspecified atom stereocenters. The summed E-state index contributed by atoms with van der Waals surface area (Å²) in [5, 5.41) is 4.03. The molecule has 1 aromatic heterocycles. The highest BCUT2D eigenvalue weighted by Crippen LogP contribution is 2.35. The number of aryl methyl sites for hydroxylation is 1. The monoisotopic (exact) mass is 280 g/mol. The minimum absolute atomic E-state index is 0.247. The Morgan fingerprint density at radius 2 is 1.67 bits per heavy atom. The van der Waals surface area contributed by atoms with Crippen LogP contribution in [0.15, 0.2) is 47.0 Å². The van der Waals surface area contributed by atoms with Gasteiger partial charge in [-0.1, -0.05) is 35.0 Å². The van der Waals surface area contributed by atoms with Crippen molar-refractivity contribution in [1.82, 2.24) is 10.1 Å². The van der Waals surface area contributed by atoms with Gasteiger partial charge in [0.1, 0.15) is 0 Å². The van der Waals surface area contributed by atoms with Gasteiger partial charge in [-0.05, 0) is 25.1 Å². The number of hydrogen-bond acceptors (Lipinski definition) is 5. The highest BCUT2D eigenvalue weighted by molar-refractivity contribution is 5.63. The van der Waals surface area contributed by atoms with Crippen LogP contribution in [0.1, 0.15) is 5.56 Å². The van der Waals surface area contributed by atoms with E-state index in [-0.39, 0.29) is 6.79 Å². The van der Waals surface area contributed by atoms with Crippen molar-refractivity contribution < 1.29 is 14.0 Å². The summed E-state index contributed by atoms with van der Waals surface area (Å²) in [5.74, 6) is 2.46. The van der Waals surface area contributed by atoms with E-state index in [4.69, 9.17) is 14.0 Å². The molecule has 0 bridgehead atoms. The molecule has 2 heterocycles. The highest BCUT2D eigenvalue weighted by Gasteiger charge is 2.17. The molecule has 4 rings (SSSR count). The van der Waals surface area contributed by atoms with Crippen LogP contribution in [0, 0.1) is 6.92 Å². The van der Waals surface area contributed by atoms with Gasteiger partial charge in [0.15, 0.2) is 11.5 Å². The average molecular weight is 280 g/mol. The van der Waals surface area contributed by atoms with Gasteiger partial charge in [0, 0.05) is 11.1 Å². The summed E-state index contributed by atoms with van der Waals surface area (Å²) >= 11 is 0. The molecule has 104 valence electrons. The molecule has 0 atom stereocenters. The summed E-state index contributed by atoms with van der Waals surface area (Å²) in [6.07, 6.45) is 0. The van der Waals surface area contributed by atoms with Gasteiger partial charge < -0.3 is 14.0 Å². The molecule has 2 aromatic carbocycles. The number of rotatable bonds is 2. The van der Waals surface area contributed by atoms with Crippen LogP contribution in [0.5, 0.6) is 11.5 Å². The molecule has 0 aliphatic carbocycles. The van der Waals surface area contributed by atoms with Gasteiger partial charge in [-0.15, -0.1) is 0 Å². The normalized spacial score (nSPS) is 12.6. The third kappa shape index (κ3) is 2.12. The second kappa shape index (κ2) is 4.63. The zero-order valence-electron chi connectivity index (χ0n) is 11.4. The SMILES string of the molecule is Cc1ccc(-c2noc(-c3ccc4c(c3)OCO4)n2)cc1. The molecule has 5 nitrogen and oxygen atoms in total. The van der Waals surface area contributed by atoms with Crippen molar-refractivity contribution >= 4 is 0 Å². The lowest BCUT2D eigenvalue weighted by Gasteiger charge is -1.97. The maximum absolute atomic E-state index is 5.35. The predicted molar refractivity (Wildman–Crippen MR) is 76.0 cm³/mol. The quantitative estimate of drug-likeness (QED) is 0.719. The fourth-order valence-electron chi connectivity index (χ4n) is 2.19. The molecule has 5 heteroatoms. The van der Waals surface area contributed by atoms with Gasteiger partial charge in [0.25, 0.3) is 5.89 Å². The molecule has 0 fully saturated rings. The summed E-state index contributed by atoms with van der Waals surface area (Å²) in [6, 6.07) is 13.5. The Morgan fingerprint density at radius 1 is 0.905 bits per heavy atom. The van der Waals surface area contributed by atoms with Gasteiger partial charge >= 0.3 is 0 Å². The number of nitrogens with zero attached hydrogens (tertiary/aromatic N) is 2. The lowest BCUT2D eigenvalue weighted by molar-refractivity contribution is 0.174. The zero-order valence-corrected chi connectivity index (χ0v) is 11.4. The van der Waals surface area contributed by atoms with Crippen molar-refractivity contribution in [2.75, 3.05) is 6.79 Å². The van der Waals surface area contributed by atoms with Crippen molar-refractivity contribution in [2.45, 2.75) is 6.92 Å². The first kappa shape index (κ1) is 12.0. The van der Waals surface area contributed by atoms with Crippen LogP contribution in [0.3, 0.4) is 0 Å². The number of fused-ring (bicyclic) bond motifs is 1. The van der Waals surface area contributed by atoms with Gasteiger partial charge in [0.2, 0.25) is 12.6 Å². The lowest BCUT2D eigenvalue weighted by atomic mass is 10.1. The zero-order chi connectivity index (χ0) is 14.2. The van der Waals surface area contributed by atoms with Crippen molar-refractivity contribution in [3.05, 3.63) is 48.0 Å². The van der Waals surface area contributed by atoms with Gasteiger partial charge in [0.05, 0.1) is 0 Å². The molecule has 0 amide bonds. The van der Waals surface area contributed by atoms with Crippen LogP contribution in [-0.4, -0.2) is 16.9 Å². The molecule has 0 spiro atoms.